The Morgan fingerprint density at radius 1 is 1.56 bits per heavy atom. The van der Waals surface area contributed by atoms with E-state index in [2.05, 4.69) is 9.97 Å². The van der Waals surface area contributed by atoms with Gasteiger partial charge in [0.05, 0.1) is 0 Å². The minimum absolute atomic E-state index is 0.296. The van der Waals surface area contributed by atoms with E-state index in [1.165, 1.54) is 11.0 Å². The molecular weight excluding hydrogens is 210 g/mol. The molecule has 1 rings (SSSR count). The average molecular weight is 225 g/mol. The van der Waals surface area contributed by atoms with Crippen LogP contribution in [0.15, 0.2) is 10.9 Å². The summed E-state index contributed by atoms with van der Waals surface area (Å²) < 4.78 is 0. The van der Waals surface area contributed by atoms with Crippen LogP contribution in [0.3, 0.4) is 0 Å². The van der Waals surface area contributed by atoms with E-state index in [-0.39, 0.29) is 5.56 Å². The summed E-state index contributed by atoms with van der Waals surface area (Å²) in [6, 6.07) is 1.28. The molecule has 0 aromatic carbocycles. The first-order chi connectivity index (χ1) is 7.25. The SMILES string of the molecule is Cc1nc(N(C)C(C)(C)C(=O)O)cc(=O)[nH]1. The van der Waals surface area contributed by atoms with Crippen LogP contribution in [-0.4, -0.2) is 33.6 Å². The number of hydrogen-bond donors (Lipinski definition) is 2. The zero-order chi connectivity index (χ0) is 12.5. The molecule has 0 amide bonds. The van der Waals surface area contributed by atoms with Gasteiger partial charge in [-0.05, 0) is 20.8 Å². The van der Waals surface area contributed by atoms with Crippen LogP contribution in [0.25, 0.3) is 0 Å². The van der Waals surface area contributed by atoms with Crippen molar-refractivity contribution in [2.24, 2.45) is 0 Å². The number of nitrogens with zero attached hydrogens (tertiary/aromatic N) is 2. The molecule has 2 N–H and O–H groups in total. The van der Waals surface area contributed by atoms with Gasteiger partial charge in [0.15, 0.2) is 0 Å². The molecule has 0 atom stereocenters. The van der Waals surface area contributed by atoms with Crippen molar-refractivity contribution in [1.82, 2.24) is 9.97 Å². The van der Waals surface area contributed by atoms with Crippen molar-refractivity contribution in [3.8, 4) is 0 Å². The van der Waals surface area contributed by atoms with Crippen LogP contribution in [0.1, 0.15) is 19.7 Å². The molecule has 0 unspecified atom stereocenters. The molecule has 1 aromatic rings. The number of aliphatic carboxylic acids is 1. The maximum Gasteiger partial charge on any atom is 0.328 e. The second kappa shape index (κ2) is 3.96. The van der Waals surface area contributed by atoms with E-state index in [0.29, 0.717) is 11.6 Å². The summed E-state index contributed by atoms with van der Waals surface area (Å²) in [5.41, 5.74) is -1.41. The number of anilines is 1. The Kier molecular flexibility index (Phi) is 3.02. The van der Waals surface area contributed by atoms with Crippen LogP contribution < -0.4 is 10.5 Å². The lowest BCUT2D eigenvalue weighted by Gasteiger charge is -2.32. The predicted molar refractivity (Wildman–Crippen MR) is 59.7 cm³/mol. The quantitative estimate of drug-likeness (QED) is 0.776. The van der Waals surface area contributed by atoms with E-state index >= 15 is 0 Å². The molecule has 1 heterocycles. The summed E-state index contributed by atoms with van der Waals surface area (Å²) in [4.78, 5) is 30.3. The average Bonchev–Trinajstić information content (AvgIpc) is 2.14. The first kappa shape index (κ1) is 12.2. The third-order valence-corrected chi connectivity index (χ3v) is 2.55. The van der Waals surface area contributed by atoms with E-state index in [9.17, 15) is 9.59 Å². The van der Waals surface area contributed by atoms with Gasteiger partial charge < -0.3 is 15.0 Å². The predicted octanol–water partition coefficient (Wildman–Crippen LogP) is 0.378. The van der Waals surface area contributed by atoms with Gasteiger partial charge in [0, 0.05) is 13.1 Å². The summed E-state index contributed by atoms with van der Waals surface area (Å²) in [7, 11) is 1.59. The molecule has 0 radical (unpaired) electrons. The highest BCUT2D eigenvalue weighted by atomic mass is 16.4. The van der Waals surface area contributed by atoms with E-state index in [1.54, 1.807) is 27.8 Å². The zero-order valence-corrected chi connectivity index (χ0v) is 9.74. The van der Waals surface area contributed by atoms with Gasteiger partial charge in [0.25, 0.3) is 5.56 Å². The Balaban J connectivity index is 3.19. The molecule has 0 aliphatic rings. The molecule has 1 aromatic heterocycles. The molecule has 6 nitrogen and oxygen atoms in total. The molecular formula is C10H15N3O3. The molecule has 88 valence electrons. The summed E-state index contributed by atoms with van der Waals surface area (Å²) in [6.07, 6.45) is 0. The number of hydrogen-bond acceptors (Lipinski definition) is 4. The number of H-pyrrole nitrogens is 1. The molecule has 0 saturated heterocycles. The van der Waals surface area contributed by atoms with Crippen molar-refractivity contribution in [2.45, 2.75) is 26.3 Å². The highest BCUT2D eigenvalue weighted by Gasteiger charge is 2.33. The summed E-state index contributed by atoms with van der Waals surface area (Å²) in [5, 5.41) is 9.06. The normalized spacial score (nSPS) is 11.2. The van der Waals surface area contributed by atoms with Crippen molar-refractivity contribution in [1.29, 1.82) is 0 Å². The number of rotatable bonds is 3. The first-order valence-corrected chi connectivity index (χ1v) is 4.80. The molecule has 0 spiro atoms. The Hall–Kier alpha value is -1.85. The van der Waals surface area contributed by atoms with Crippen LogP contribution >= 0.6 is 0 Å². The Morgan fingerprint density at radius 2 is 2.12 bits per heavy atom. The second-order valence-corrected chi connectivity index (χ2v) is 4.11. The smallest absolute Gasteiger partial charge is 0.328 e. The minimum Gasteiger partial charge on any atom is -0.480 e. The Morgan fingerprint density at radius 3 is 2.56 bits per heavy atom. The lowest BCUT2D eigenvalue weighted by atomic mass is 10.0. The van der Waals surface area contributed by atoms with E-state index in [0.717, 1.165) is 0 Å². The molecule has 0 fully saturated rings. The highest BCUT2D eigenvalue weighted by Crippen LogP contribution is 2.18. The van der Waals surface area contributed by atoms with Crippen LogP contribution in [0, 0.1) is 6.92 Å². The van der Waals surface area contributed by atoms with Gasteiger partial charge >= 0.3 is 5.97 Å². The third kappa shape index (κ3) is 2.21. The van der Waals surface area contributed by atoms with E-state index < -0.39 is 11.5 Å². The summed E-state index contributed by atoms with van der Waals surface area (Å²) in [6.45, 7) is 4.74. The maximum absolute atomic E-state index is 11.2. The molecule has 0 bridgehead atoms. The highest BCUT2D eigenvalue weighted by molar-refractivity contribution is 5.81. The van der Waals surface area contributed by atoms with Crippen LogP contribution in [-0.2, 0) is 4.79 Å². The van der Waals surface area contributed by atoms with Crippen LogP contribution in [0.2, 0.25) is 0 Å². The number of likely N-dealkylation sites (N-methyl/N-ethyl adjacent to an activating group) is 1. The monoisotopic (exact) mass is 225 g/mol. The zero-order valence-electron chi connectivity index (χ0n) is 9.74. The van der Waals surface area contributed by atoms with Crippen LogP contribution in [0.4, 0.5) is 5.82 Å². The first-order valence-electron chi connectivity index (χ1n) is 4.80. The minimum atomic E-state index is -1.12. The van der Waals surface area contributed by atoms with Gasteiger partial charge in [-0.25, -0.2) is 9.78 Å². The molecule has 0 saturated carbocycles. The molecule has 0 aliphatic heterocycles. The van der Waals surface area contributed by atoms with Crippen molar-refractivity contribution in [3.63, 3.8) is 0 Å². The number of aromatic amines is 1. The fourth-order valence-corrected chi connectivity index (χ4v) is 1.17. The van der Waals surface area contributed by atoms with Crippen molar-refractivity contribution >= 4 is 11.8 Å². The van der Waals surface area contributed by atoms with Crippen molar-refractivity contribution < 1.29 is 9.90 Å². The van der Waals surface area contributed by atoms with Gasteiger partial charge in [-0.3, -0.25) is 4.79 Å². The van der Waals surface area contributed by atoms with Gasteiger partial charge in [-0.1, -0.05) is 0 Å². The number of carboxylic acid groups (broad SMARTS) is 1. The molecule has 0 aliphatic carbocycles. The van der Waals surface area contributed by atoms with E-state index in [4.69, 9.17) is 5.11 Å². The Bertz CT molecular complexity index is 465. The fourth-order valence-electron chi connectivity index (χ4n) is 1.17. The standard InChI is InChI=1S/C10H15N3O3/c1-6-11-7(5-8(14)12-6)13(4)10(2,3)9(15)16/h5H,1-4H3,(H,15,16)(H,11,12,14). The van der Waals surface area contributed by atoms with Crippen molar-refractivity contribution in [2.75, 3.05) is 11.9 Å². The van der Waals surface area contributed by atoms with Gasteiger partial charge in [0.2, 0.25) is 0 Å². The molecule has 6 heteroatoms. The maximum atomic E-state index is 11.2. The summed E-state index contributed by atoms with van der Waals surface area (Å²) >= 11 is 0. The number of aromatic nitrogens is 2. The number of carbonyl (C=O) groups is 1. The second-order valence-electron chi connectivity index (χ2n) is 4.11. The van der Waals surface area contributed by atoms with Crippen molar-refractivity contribution in [3.05, 3.63) is 22.2 Å². The number of aryl methyl sites for hydroxylation is 1. The number of carboxylic acids is 1. The lowest BCUT2D eigenvalue weighted by Crippen LogP contribution is -2.48. The topological polar surface area (TPSA) is 86.3 Å². The largest absolute Gasteiger partial charge is 0.480 e. The van der Waals surface area contributed by atoms with Gasteiger partial charge in [-0.2, -0.15) is 0 Å². The molecule has 16 heavy (non-hydrogen) atoms. The van der Waals surface area contributed by atoms with E-state index in [1.807, 2.05) is 0 Å². The summed E-state index contributed by atoms with van der Waals surface area (Å²) in [5.74, 6) is -0.182. The Labute approximate surface area is 92.9 Å². The van der Waals surface area contributed by atoms with Gasteiger partial charge in [-0.15, -0.1) is 0 Å². The third-order valence-electron chi connectivity index (χ3n) is 2.55. The lowest BCUT2D eigenvalue weighted by molar-refractivity contribution is -0.142. The van der Waals surface area contributed by atoms with Gasteiger partial charge in [0.1, 0.15) is 17.2 Å². The fraction of sp³-hybridized carbons (Fsp3) is 0.500. The van der Waals surface area contributed by atoms with Crippen LogP contribution in [0.5, 0.6) is 0 Å². The number of nitrogens with one attached hydrogen (secondary N) is 1.